The molecule has 0 saturated carbocycles. The molecule has 0 atom stereocenters. The Labute approximate surface area is 126 Å². The summed E-state index contributed by atoms with van der Waals surface area (Å²) in [5.74, 6) is -0.500. The van der Waals surface area contributed by atoms with E-state index >= 15 is 0 Å². The van der Waals surface area contributed by atoms with Gasteiger partial charge in [0.1, 0.15) is 16.2 Å². The molecule has 0 aromatic carbocycles. The van der Waals surface area contributed by atoms with Crippen molar-refractivity contribution in [3.05, 3.63) is 17.3 Å². The molecule has 8 heteroatoms. The summed E-state index contributed by atoms with van der Waals surface area (Å²) < 4.78 is 20.7. The standard InChI is InChI=1S/C12H17NO5S2/c1-15-4-5-17-8-18-6-9(11(14)16-2)10-7-20-12(13-10)19-3/h6-7H,4-5,8H2,1-3H3. The van der Waals surface area contributed by atoms with E-state index in [4.69, 9.17) is 18.9 Å². The number of methoxy groups -OCH3 is 2. The number of nitrogens with zero attached hydrogens (tertiary/aromatic N) is 1. The normalized spacial score (nSPS) is 11.4. The molecule has 6 nitrogen and oxygen atoms in total. The maximum absolute atomic E-state index is 11.7. The largest absolute Gasteiger partial charge is 0.474 e. The van der Waals surface area contributed by atoms with Gasteiger partial charge in [-0.05, 0) is 6.26 Å². The lowest BCUT2D eigenvalue weighted by molar-refractivity contribution is -0.133. The van der Waals surface area contributed by atoms with Gasteiger partial charge in [0.15, 0.2) is 6.79 Å². The minimum Gasteiger partial charge on any atom is -0.474 e. The van der Waals surface area contributed by atoms with Crippen LogP contribution >= 0.6 is 23.1 Å². The highest BCUT2D eigenvalue weighted by atomic mass is 32.2. The van der Waals surface area contributed by atoms with Gasteiger partial charge in [0.05, 0.1) is 26.0 Å². The number of ether oxygens (including phenoxy) is 4. The summed E-state index contributed by atoms with van der Waals surface area (Å²) in [6.45, 7) is 0.939. The highest BCUT2D eigenvalue weighted by Gasteiger charge is 2.16. The highest BCUT2D eigenvalue weighted by molar-refractivity contribution is 8.00. The summed E-state index contributed by atoms with van der Waals surface area (Å²) in [6.07, 6.45) is 3.22. The van der Waals surface area contributed by atoms with Crippen LogP contribution in [0.15, 0.2) is 16.0 Å². The van der Waals surface area contributed by atoms with E-state index in [9.17, 15) is 4.79 Å². The Bertz CT molecular complexity index is 447. The summed E-state index contributed by atoms with van der Waals surface area (Å²) in [5.41, 5.74) is 0.794. The molecule has 0 fully saturated rings. The Morgan fingerprint density at radius 2 is 2.25 bits per heavy atom. The van der Waals surface area contributed by atoms with Gasteiger partial charge >= 0.3 is 5.97 Å². The van der Waals surface area contributed by atoms with Gasteiger partial charge in [-0.15, -0.1) is 11.3 Å². The van der Waals surface area contributed by atoms with Crippen LogP contribution in [0.5, 0.6) is 0 Å². The van der Waals surface area contributed by atoms with E-state index in [1.807, 2.05) is 6.26 Å². The minimum absolute atomic E-state index is 0.0311. The van der Waals surface area contributed by atoms with Gasteiger partial charge in [-0.3, -0.25) is 0 Å². The zero-order chi connectivity index (χ0) is 14.8. The molecule has 0 bridgehead atoms. The Kier molecular flexibility index (Phi) is 8.28. The second-order valence-corrected chi connectivity index (χ2v) is 5.32. The van der Waals surface area contributed by atoms with E-state index in [-0.39, 0.29) is 12.4 Å². The van der Waals surface area contributed by atoms with Crippen molar-refractivity contribution in [3.8, 4) is 0 Å². The zero-order valence-corrected chi connectivity index (χ0v) is 13.2. The fourth-order valence-corrected chi connectivity index (χ4v) is 2.43. The minimum atomic E-state index is -0.500. The maximum atomic E-state index is 11.7. The lowest BCUT2D eigenvalue weighted by Crippen LogP contribution is -2.07. The zero-order valence-electron chi connectivity index (χ0n) is 11.6. The number of carbonyl (C=O) groups is 1. The second-order valence-electron chi connectivity index (χ2n) is 3.41. The van der Waals surface area contributed by atoms with Crippen LogP contribution in [0.25, 0.3) is 5.57 Å². The molecule has 1 heterocycles. The fraction of sp³-hybridized carbons (Fsp3) is 0.500. The Balaban J connectivity index is 2.62. The number of hydrogen-bond donors (Lipinski definition) is 0. The molecular weight excluding hydrogens is 302 g/mol. The number of thiazole rings is 1. The molecule has 0 unspecified atom stereocenters. The van der Waals surface area contributed by atoms with E-state index in [1.54, 1.807) is 12.5 Å². The van der Waals surface area contributed by atoms with Crippen LogP contribution in [0.3, 0.4) is 0 Å². The third-order valence-electron chi connectivity index (χ3n) is 2.12. The molecule has 1 aromatic heterocycles. The maximum Gasteiger partial charge on any atom is 0.343 e. The molecule has 112 valence electrons. The smallest absolute Gasteiger partial charge is 0.343 e. The second kappa shape index (κ2) is 9.76. The van der Waals surface area contributed by atoms with Gasteiger partial charge in [-0.25, -0.2) is 9.78 Å². The Morgan fingerprint density at radius 1 is 1.45 bits per heavy atom. The Hall–Kier alpha value is -1.09. The van der Waals surface area contributed by atoms with E-state index in [2.05, 4.69) is 4.98 Å². The Morgan fingerprint density at radius 3 is 2.85 bits per heavy atom. The first kappa shape index (κ1) is 17.0. The van der Waals surface area contributed by atoms with Crippen LogP contribution in [-0.4, -0.2) is 51.4 Å². The van der Waals surface area contributed by atoms with Crippen molar-refractivity contribution in [2.75, 3.05) is 40.5 Å². The summed E-state index contributed by atoms with van der Waals surface area (Å²) >= 11 is 2.97. The summed E-state index contributed by atoms with van der Waals surface area (Å²) in [7, 11) is 2.90. The summed E-state index contributed by atoms with van der Waals surface area (Å²) in [4.78, 5) is 16.0. The van der Waals surface area contributed by atoms with Gasteiger partial charge < -0.3 is 18.9 Å². The first-order chi connectivity index (χ1) is 9.72. The van der Waals surface area contributed by atoms with E-state index in [0.717, 1.165) is 4.34 Å². The molecule has 0 amide bonds. The average molecular weight is 319 g/mol. The van der Waals surface area contributed by atoms with E-state index < -0.39 is 5.97 Å². The summed E-state index contributed by atoms with van der Waals surface area (Å²) in [6, 6.07) is 0. The summed E-state index contributed by atoms with van der Waals surface area (Å²) in [5, 5.41) is 1.78. The highest BCUT2D eigenvalue weighted by Crippen LogP contribution is 2.24. The molecule has 1 aromatic rings. The molecule has 0 saturated heterocycles. The van der Waals surface area contributed by atoms with Crippen LogP contribution in [0, 0.1) is 0 Å². The van der Waals surface area contributed by atoms with Gasteiger partial charge in [0, 0.05) is 12.5 Å². The van der Waals surface area contributed by atoms with Crippen molar-refractivity contribution in [1.82, 2.24) is 4.98 Å². The monoisotopic (exact) mass is 319 g/mol. The van der Waals surface area contributed by atoms with Crippen molar-refractivity contribution in [1.29, 1.82) is 0 Å². The lowest BCUT2D eigenvalue weighted by Gasteiger charge is -2.05. The van der Waals surface area contributed by atoms with Crippen molar-refractivity contribution >= 4 is 34.6 Å². The van der Waals surface area contributed by atoms with Crippen molar-refractivity contribution in [3.63, 3.8) is 0 Å². The SMILES string of the molecule is COCCOCOC=C(C(=O)OC)c1csc(SC)n1. The average Bonchev–Trinajstić information content (AvgIpc) is 2.94. The molecule has 0 aliphatic heterocycles. The first-order valence-corrected chi connectivity index (χ1v) is 7.80. The third kappa shape index (κ3) is 5.49. The third-order valence-corrected chi connectivity index (χ3v) is 3.99. The van der Waals surface area contributed by atoms with Crippen LogP contribution < -0.4 is 0 Å². The van der Waals surface area contributed by atoms with Crippen LogP contribution in [0.2, 0.25) is 0 Å². The molecule has 0 aliphatic rings. The lowest BCUT2D eigenvalue weighted by atomic mass is 10.2. The van der Waals surface area contributed by atoms with Gasteiger partial charge in [-0.2, -0.15) is 0 Å². The number of thioether (sulfide) groups is 1. The number of aromatic nitrogens is 1. The molecule has 20 heavy (non-hydrogen) atoms. The van der Waals surface area contributed by atoms with E-state index in [1.165, 1.54) is 36.5 Å². The first-order valence-electron chi connectivity index (χ1n) is 5.69. The van der Waals surface area contributed by atoms with Crippen molar-refractivity contribution in [2.24, 2.45) is 0 Å². The van der Waals surface area contributed by atoms with Crippen LogP contribution in [0.1, 0.15) is 5.69 Å². The van der Waals surface area contributed by atoms with E-state index in [0.29, 0.717) is 18.9 Å². The molecular formula is C12H17NO5S2. The van der Waals surface area contributed by atoms with Crippen LogP contribution in [0.4, 0.5) is 0 Å². The fourth-order valence-electron chi connectivity index (χ4n) is 1.16. The number of esters is 1. The molecule has 0 N–H and O–H groups in total. The number of hydrogen-bond acceptors (Lipinski definition) is 8. The predicted octanol–water partition coefficient (Wildman–Crippen LogP) is 2.02. The molecule has 0 spiro atoms. The van der Waals surface area contributed by atoms with Crippen LogP contribution in [-0.2, 0) is 23.7 Å². The van der Waals surface area contributed by atoms with Gasteiger partial charge in [-0.1, -0.05) is 11.8 Å². The van der Waals surface area contributed by atoms with Crippen molar-refractivity contribution < 1.29 is 23.7 Å². The van der Waals surface area contributed by atoms with Crippen molar-refractivity contribution in [2.45, 2.75) is 4.34 Å². The predicted molar refractivity (Wildman–Crippen MR) is 77.7 cm³/mol. The van der Waals surface area contributed by atoms with Gasteiger partial charge in [0.2, 0.25) is 0 Å². The molecule has 1 rings (SSSR count). The number of carbonyl (C=O) groups excluding carboxylic acids is 1. The van der Waals surface area contributed by atoms with Gasteiger partial charge in [0.25, 0.3) is 0 Å². The molecule has 0 radical (unpaired) electrons. The topological polar surface area (TPSA) is 66.9 Å². The molecule has 0 aliphatic carbocycles. The number of rotatable bonds is 9. The quantitative estimate of drug-likeness (QED) is 0.172.